The van der Waals surface area contributed by atoms with Crippen LogP contribution < -0.4 is 5.32 Å². The molecule has 1 aromatic rings. The number of carbonyl (C=O) groups is 1. The van der Waals surface area contributed by atoms with Gasteiger partial charge >= 0.3 is 6.18 Å². The summed E-state index contributed by atoms with van der Waals surface area (Å²) in [4.78, 5) is 12.6. The molecule has 0 aromatic carbocycles. The van der Waals surface area contributed by atoms with Gasteiger partial charge < -0.3 is 15.2 Å². The van der Waals surface area contributed by atoms with Gasteiger partial charge in [0.1, 0.15) is 13.2 Å². The fourth-order valence-corrected chi connectivity index (χ4v) is 1.96. The van der Waals surface area contributed by atoms with Crippen LogP contribution in [0.3, 0.4) is 0 Å². The molecule has 4 nitrogen and oxygen atoms in total. The van der Waals surface area contributed by atoms with E-state index in [1.165, 1.54) is 0 Å². The maximum absolute atomic E-state index is 11.8. The Balaban J connectivity index is 2.31. The fourth-order valence-electron chi connectivity index (χ4n) is 1.17. The molecule has 8 heteroatoms. The Kier molecular flexibility index (Phi) is 6.51. The van der Waals surface area contributed by atoms with E-state index in [1.54, 1.807) is 12.1 Å². The van der Waals surface area contributed by atoms with E-state index in [0.717, 1.165) is 11.3 Å². The fraction of sp³-hybridized carbons (Fsp3) is 0.417. The minimum atomic E-state index is -4.36. The summed E-state index contributed by atoms with van der Waals surface area (Å²) in [6.45, 7) is -1.82. The summed E-state index contributed by atoms with van der Waals surface area (Å²) >= 11 is 1.13. The van der Waals surface area contributed by atoms with E-state index in [1.807, 2.05) is 0 Å². The van der Waals surface area contributed by atoms with Crippen molar-refractivity contribution in [3.63, 3.8) is 0 Å². The molecule has 0 spiro atoms. The standard InChI is InChI=1S/C12H12F3NO3S/c13-12(14,15)8-19-7-5-16-11(18)10-4-3-9(20-10)2-1-6-17/h3-4,17H,5-8H2,(H,16,18). The molecule has 0 aliphatic rings. The molecule has 0 aliphatic carbocycles. The van der Waals surface area contributed by atoms with Gasteiger partial charge in [-0.25, -0.2) is 0 Å². The number of aliphatic hydroxyl groups is 1. The molecule has 0 aliphatic heterocycles. The normalized spacial score (nSPS) is 10.8. The van der Waals surface area contributed by atoms with Crippen LogP contribution >= 0.6 is 11.3 Å². The second kappa shape index (κ2) is 7.89. The van der Waals surface area contributed by atoms with Gasteiger partial charge in [-0.2, -0.15) is 13.2 Å². The van der Waals surface area contributed by atoms with Gasteiger partial charge in [0.25, 0.3) is 5.91 Å². The number of rotatable bonds is 5. The molecular formula is C12H12F3NO3S. The molecule has 0 atom stereocenters. The lowest BCUT2D eigenvalue weighted by Crippen LogP contribution is -2.28. The predicted octanol–water partition coefficient (Wildman–Crippen LogP) is 1.40. The molecular weight excluding hydrogens is 295 g/mol. The first-order valence-corrected chi connectivity index (χ1v) is 6.36. The lowest BCUT2D eigenvalue weighted by Gasteiger charge is -2.07. The Labute approximate surface area is 117 Å². The number of aliphatic hydroxyl groups excluding tert-OH is 1. The van der Waals surface area contributed by atoms with Crippen molar-refractivity contribution in [3.05, 3.63) is 21.9 Å². The first kappa shape index (κ1) is 16.5. The van der Waals surface area contributed by atoms with Crippen molar-refractivity contribution in [3.8, 4) is 11.8 Å². The molecule has 0 unspecified atom stereocenters. The minimum Gasteiger partial charge on any atom is -0.384 e. The van der Waals surface area contributed by atoms with Gasteiger partial charge in [-0.1, -0.05) is 11.8 Å². The third kappa shape index (κ3) is 6.56. The van der Waals surface area contributed by atoms with Crippen LogP contribution in [0.1, 0.15) is 14.5 Å². The second-order valence-corrected chi connectivity index (χ2v) is 4.63. The van der Waals surface area contributed by atoms with E-state index in [-0.39, 0.29) is 19.8 Å². The summed E-state index contributed by atoms with van der Waals surface area (Å²) in [6, 6.07) is 3.18. The van der Waals surface area contributed by atoms with Gasteiger partial charge in [-0.15, -0.1) is 11.3 Å². The van der Waals surface area contributed by atoms with Gasteiger partial charge in [0.2, 0.25) is 0 Å². The van der Waals surface area contributed by atoms with E-state index in [0.29, 0.717) is 9.75 Å². The van der Waals surface area contributed by atoms with E-state index in [2.05, 4.69) is 21.9 Å². The van der Waals surface area contributed by atoms with Crippen LogP contribution in [0.2, 0.25) is 0 Å². The van der Waals surface area contributed by atoms with Crippen molar-refractivity contribution in [2.45, 2.75) is 6.18 Å². The number of carbonyl (C=O) groups excluding carboxylic acids is 1. The highest BCUT2D eigenvalue weighted by Gasteiger charge is 2.27. The number of hydrogen-bond donors (Lipinski definition) is 2. The smallest absolute Gasteiger partial charge is 0.384 e. The zero-order chi connectivity index (χ0) is 15.0. The number of ether oxygens (including phenoxy) is 1. The number of alkyl halides is 3. The highest BCUT2D eigenvalue weighted by Crippen LogP contribution is 2.15. The van der Waals surface area contributed by atoms with E-state index >= 15 is 0 Å². The second-order valence-electron chi connectivity index (χ2n) is 3.55. The Hall–Kier alpha value is -1.56. The molecule has 1 amide bonds. The van der Waals surface area contributed by atoms with Crippen LogP contribution in [0.4, 0.5) is 13.2 Å². The van der Waals surface area contributed by atoms with Crippen molar-refractivity contribution in [1.82, 2.24) is 5.32 Å². The first-order valence-electron chi connectivity index (χ1n) is 5.54. The van der Waals surface area contributed by atoms with Crippen LogP contribution in [0.25, 0.3) is 0 Å². The summed E-state index contributed by atoms with van der Waals surface area (Å²) in [5.74, 6) is 4.70. The molecule has 1 rings (SSSR count). The largest absolute Gasteiger partial charge is 0.411 e. The highest BCUT2D eigenvalue weighted by atomic mass is 32.1. The Morgan fingerprint density at radius 2 is 2.20 bits per heavy atom. The van der Waals surface area contributed by atoms with Crippen molar-refractivity contribution in [1.29, 1.82) is 0 Å². The summed E-state index contributed by atoms with van der Waals surface area (Å²) in [7, 11) is 0. The minimum absolute atomic E-state index is 0.00946. The summed E-state index contributed by atoms with van der Waals surface area (Å²) in [5.41, 5.74) is 0. The first-order chi connectivity index (χ1) is 9.42. The van der Waals surface area contributed by atoms with Crippen LogP contribution in [0, 0.1) is 11.8 Å². The third-order valence-electron chi connectivity index (χ3n) is 1.92. The van der Waals surface area contributed by atoms with Crippen LogP contribution in [0.5, 0.6) is 0 Å². The quantitative estimate of drug-likeness (QED) is 0.638. The molecule has 2 N–H and O–H groups in total. The van der Waals surface area contributed by atoms with E-state index in [4.69, 9.17) is 5.11 Å². The van der Waals surface area contributed by atoms with Crippen molar-refractivity contribution in [2.24, 2.45) is 0 Å². The van der Waals surface area contributed by atoms with Gasteiger partial charge in [0.05, 0.1) is 16.4 Å². The third-order valence-corrected chi connectivity index (χ3v) is 2.92. The zero-order valence-corrected chi connectivity index (χ0v) is 11.1. The molecule has 0 bridgehead atoms. The molecule has 1 aromatic heterocycles. The number of halogens is 3. The van der Waals surface area contributed by atoms with Crippen molar-refractivity contribution < 1.29 is 27.8 Å². The molecule has 0 saturated heterocycles. The van der Waals surface area contributed by atoms with Gasteiger partial charge in [-0.05, 0) is 12.1 Å². The maximum Gasteiger partial charge on any atom is 0.411 e. The summed E-state index contributed by atoms with van der Waals surface area (Å²) < 4.78 is 39.7. The zero-order valence-electron chi connectivity index (χ0n) is 10.3. The molecule has 0 fully saturated rings. The molecule has 0 saturated carbocycles. The summed E-state index contributed by atoms with van der Waals surface area (Å²) in [6.07, 6.45) is -4.36. The van der Waals surface area contributed by atoms with E-state index in [9.17, 15) is 18.0 Å². The predicted molar refractivity (Wildman–Crippen MR) is 67.5 cm³/mol. The molecule has 0 radical (unpaired) electrons. The molecule has 20 heavy (non-hydrogen) atoms. The lowest BCUT2D eigenvalue weighted by molar-refractivity contribution is -0.173. The van der Waals surface area contributed by atoms with Crippen LogP contribution in [-0.2, 0) is 4.74 Å². The number of thiophene rings is 1. The van der Waals surface area contributed by atoms with Crippen LogP contribution in [0.15, 0.2) is 12.1 Å². The Bertz CT molecular complexity index is 502. The number of nitrogens with one attached hydrogen (secondary N) is 1. The van der Waals surface area contributed by atoms with Gasteiger partial charge in [-0.3, -0.25) is 4.79 Å². The maximum atomic E-state index is 11.8. The lowest BCUT2D eigenvalue weighted by atomic mass is 10.4. The van der Waals surface area contributed by atoms with Crippen LogP contribution in [-0.4, -0.2) is 43.6 Å². The average molecular weight is 307 g/mol. The summed E-state index contributed by atoms with van der Waals surface area (Å²) in [5, 5.41) is 11.0. The van der Waals surface area contributed by atoms with Gasteiger partial charge in [0.15, 0.2) is 0 Å². The highest BCUT2D eigenvalue weighted by molar-refractivity contribution is 7.14. The van der Waals surface area contributed by atoms with Gasteiger partial charge in [0, 0.05) is 6.54 Å². The number of hydrogen-bond acceptors (Lipinski definition) is 4. The molecule has 1 heterocycles. The van der Waals surface area contributed by atoms with E-state index < -0.39 is 18.7 Å². The Morgan fingerprint density at radius 3 is 2.85 bits per heavy atom. The SMILES string of the molecule is O=C(NCCOCC(F)(F)F)c1ccc(C#CCO)s1. The Morgan fingerprint density at radius 1 is 1.45 bits per heavy atom. The average Bonchev–Trinajstić information content (AvgIpc) is 2.83. The number of amides is 1. The monoisotopic (exact) mass is 307 g/mol. The topological polar surface area (TPSA) is 58.6 Å². The van der Waals surface area contributed by atoms with Crippen molar-refractivity contribution >= 4 is 17.2 Å². The molecule has 110 valence electrons. The van der Waals surface area contributed by atoms with Crippen molar-refractivity contribution in [2.75, 3.05) is 26.4 Å².